The van der Waals surface area contributed by atoms with Gasteiger partial charge in [-0.05, 0) is 12.1 Å². The predicted molar refractivity (Wildman–Crippen MR) is 54.2 cm³/mol. The molecule has 0 atom stereocenters. The van der Waals surface area contributed by atoms with Crippen molar-refractivity contribution < 1.29 is 17.9 Å². The van der Waals surface area contributed by atoms with Crippen LogP contribution in [0.3, 0.4) is 0 Å². The summed E-state index contributed by atoms with van der Waals surface area (Å²) in [4.78, 5) is 7.59. The first-order valence-electron chi connectivity index (χ1n) is 4.25. The standard InChI is InChI=1S/C8H5F3N4OS/c9-8(10,11)16-4-1-2-5(13-3-4)6-14-7(12)17-15-6/h1-3H,(H2,12,14,15). The van der Waals surface area contributed by atoms with E-state index in [-0.39, 0.29) is 11.0 Å². The number of pyridine rings is 1. The average molecular weight is 262 g/mol. The zero-order valence-electron chi connectivity index (χ0n) is 8.10. The SMILES string of the molecule is Nc1nc(-c2ccc(OC(F)(F)F)cn2)ns1. The molecule has 0 amide bonds. The second-order valence-corrected chi connectivity index (χ2v) is 3.67. The van der Waals surface area contributed by atoms with Crippen LogP contribution in [-0.2, 0) is 0 Å². The zero-order valence-corrected chi connectivity index (χ0v) is 8.92. The first-order chi connectivity index (χ1) is 7.94. The molecular formula is C8H5F3N4OS. The van der Waals surface area contributed by atoms with Crippen LogP contribution in [0.15, 0.2) is 18.3 Å². The van der Waals surface area contributed by atoms with Gasteiger partial charge in [0.2, 0.25) is 0 Å². The van der Waals surface area contributed by atoms with Crippen molar-refractivity contribution in [1.29, 1.82) is 0 Å². The summed E-state index contributed by atoms with van der Waals surface area (Å²) in [6.07, 6.45) is -3.79. The van der Waals surface area contributed by atoms with Crippen molar-refractivity contribution in [3.63, 3.8) is 0 Å². The summed E-state index contributed by atoms with van der Waals surface area (Å²) in [5, 5.41) is 0.261. The van der Waals surface area contributed by atoms with Gasteiger partial charge in [-0.25, -0.2) is 4.98 Å². The predicted octanol–water partition coefficient (Wildman–Crippen LogP) is 2.08. The van der Waals surface area contributed by atoms with Gasteiger partial charge in [0, 0.05) is 11.5 Å². The molecule has 0 aliphatic rings. The third kappa shape index (κ3) is 3.03. The number of nitrogen functional groups attached to an aromatic ring is 1. The van der Waals surface area contributed by atoms with Gasteiger partial charge in [0.15, 0.2) is 11.0 Å². The lowest BCUT2D eigenvalue weighted by Crippen LogP contribution is -2.17. The molecule has 2 rings (SSSR count). The maximum absolute atomic E-state index is 11.9. The fourth-order valence-electron chi connectivity index (χ4n) is 1.05. The molecule has 2 aromatic rings. The van der Waals surface area contributed by atoms with Gasteiger partial charge in [-0.2, -0.15) is 9.36 Å². The molecule has 0 aromatic carbocycles. The lowest BCUT2D eigenvalue weighted by Gasteiger charge is -2.07. The van der Waals surface area contributed by atoms with Gasteiger partial charge in [-0.1, -0.05) is 0 Å². The van der Waals surface area contributed by atoms with Crippen LogP contribution in [0.2, 0.25) is 0 Å². The van der Waals surface area contributed by atoms with Crippen molar-refractivity contribution in [2.24, 2.45) is 0 Å². The van der Waals surface area contributed by atoms with Crippen LogP contribution in [-0.4, -0.2) is 20.7 Å². The molecule has 0 spiro atoms. The van der Waals surface area contributed by atoms with Gasteiger partial charge in [0.1, 0.15) is 11.4 Å². The number of hydrogen-bond donors (Lipinski definition) is 1. The fraction of sp³-hybridized carbons (Fsp3) is 0.125. The van der Waals surface area contributed by atoms with Crippen LogP contribution in [0.4, 0.5) is 18.3 Å². The second kappa shape index (κ2) is 4.17. The molecule has 5 nitrogen and oxygen atoms in total. The summed E-state index contributed by atoms with van der Waals surface area (Å²) >= 11 is 0.979. The first-order valence-corrected chi connectivity index (χ1v) is 5.03. The van der Waals surface area contributed by atoms with Crippen LogP contribution < -0.4 is 10.5 Å². The minimum atomic E-state index is -4.73. The monoisotopic (exact) mass is 262 g/mol. The van der Waals surface area contributed by atoms with Crippen molar-refractivity contribution in [2.45, 2.75) is 6.36 Å². The van der Waals surface area contributed by atoms with Gasteiger partial charge in [-0.15, -0.1) is 13.2 Å². The maximum atomic E-state index is 11.9. The Morgan fingerprint density at radius 3 is 2.53 bits per heavy atom. The molecule has 9 heteroatoms. The maximum Gasteiger partial charge on any atom is 0.573 e. The Bertz CT molecular complexity index is 510. The van der Waals surface area contributed by atoms with Gasteiger partial charge < -0.3 is 10.5 Å². The number of rotatable bonds is 2. The zero-order chi connectivity index (χ0) is 12.5. The molecule has 0 unspecified atom stereocenters. The topological polar surface area (TPSA) is 73.9 Å². The molecule has 0 saturated carbocycles. The largest absolute Gasteiger partial charge is 0.573 e. The Morgan fingerprint density at radius 2 is 2.06 bits per heavy atom. The summed E-state index contributed by atoms with van der Waals surface area (Å²) in [5.74, 6) is -0.129. The fourth-order valence-corrected chi connectivity index (χ4v) is 1.49. The summed E-state index contributed by atoms with van der Waals surface area (Å²) in [6, 6.07) is 2.45. The molecule has 90 valence electrons. The van der Waals surface area contributed by atoms with Crippen LogP contribution in [0, 0.1) is 0 Å². The van der Waals surface area contributed by atoms with Gasteiger partial charge in [-0.3, -0.25) is 0 Å². The minimum absolute atomic E-state index is 0.261. The number of ether oxygens (including phenoxy) is 1. The third-order valence-corrected chi connectivity index (χ3v) is 2.18. The smallest absolute Gasteiger partial charge is 0.404 e. The van der Waals surface area contributed by atoms with E-state index in [9.17, 15) is 13.2 Å². The minimum Gasteiger partial charge on any atom is -0.404 e. The molecule has 0 radical (unpaired) electrons. The lowest BCUT2D eigenvalue weighted by molar-refractivity contribution is -0.274. The molecule has 2 N–H and O–H groups in total. The van der Waals surface area contributed by atoms with Crippen LogP contribution in [0.1, 0.15) is 0 Å². The number of nitrogens with two attached hydrogens (primary N) is 1. The van der Waals surface area contributed by atoms with Crippen LogP contribution in [0.25, 0.3) is 11.5 Å². The van der Waals surface area contributed by atoms with E-state index in [1.807, 2.05) is 0 Å². The lowest BCUT2D eigenvalue weighted by atomic mass is 10.3. The normalized spacial score (nSPS) is 11.5. The van der Waals surface area contributed by atoms with E-state index in [1.165, 1.54) is 6.07 Å². The summed E-state index contributed by atoms with van der Waals surface area (Å²) in [6.45, 7) is 0. The summed E-state index contributed by atoms with van der Waals surface area (Å²) < 4.78 is 43.2. The van der Waals surface area contributed by atoms with E-state index in [2.05, 4.69) is 19.1 Å². The van der Waals surface area contributed by atoms with E-state index in [0.29, 0.717) is 5.69 Å². The molecule has 0 saturated heterocycles. The van der Waals surface area contributed by atoms with Crippen molar-refractivity contribution in [3.05, 3.63) is 18.3 Å². The summed E-state index contributed by atoms with van der Waals surface area (Å²) in [5.41, 5.74) is 5.70. The molecule has 0 aliphatic carbocycles. The first kappa shape index (κ1) is 11.6. The third-order valence-electron chi connectivity index (χ3n) is 1.64. The Balaban J connectivity index is 2.19. The van der Waals surface area contributed by atoms with Crippen molar-refractivity contribution in [3.8, 4) is 17.3 Å². The van der Waals surface area contributed by atoms with Crippen LogP contribution in [0.5, 0.6) is 5.75 Å². The Kier molecular flexibility index (Phi) is 2.84. The van der Waals surface area contributed by atoms with Gasteiger partial charge in [0.25, 0.3) is 0 Å². The van der Waals surface area contributed by atoms with E-state index in [0.717, 1.165) is 23.8 Å². The molecule has 2 aromatic heterocycles. The van der Waals surface area contributed by atoms with Gasteiger partial charge in [0.05, 0.1) is 6.20 Å². The average Bonchev–Trinajstić information content (AvgIpc) is 2.63. The van der Waals surface area contributed by atoms with E-state index in [4.69, 9.17) is 5.73 Å². The highest BCUT2D eigenvalue weighted by molar-refractivity contribution is 7.09. The van der Waals surface area contributed by atoms with Crippen molar-refractivity contribution in [1.82, 2.24) is 14.3 Å². The number of nitrogens with zero attached hydrogens (tertiary/aromatic N) is 3. The van der Waals surface area contributed by atoms with E-state index < -0.39 is 12.1 Å². The molecule has 0 aliphatic heterocycles. The van der Waals surface area contributed by atoms with Crippen LogP contribution >= 0.6 is 11.5 Å². The van der Waals surface area contributed by atoms with E-state index >= 15 is 0 Å². The van der Waals surface area contributed by atoms with E-state index in [1.54, 1.807) is 0 Å². The Hall–Kier alpha value is -1.90. The van der Waals surface area contributed by atoms with Crippen molar-refractivity contribution in [2.75, 3.05) is 5.73 Å². The molecule has 17 heavy (non-hydrogen) atoms. The highest BCUT2D eigenvalue weighted by Crippen LogP contribution is 2.24. The quantitative estimate of drug-likeness (QED) is 0.896. The molecular weight excluding hydrogens is 257 g/mol. The number of halogens is 3. The highest BCUT2D eigenvalue weighted by atomic mass is 32.1. The summed E-state index contributed by atoms with van der Waals surface area (Å²) in [7, 11) is 0. The highest BCUT2D eigenvalue weighted by Gasteiger charge is 2.31. The second-order valence-electron chi connectivity index (χ2n) is 2.88. The van der Waals surface area contributed by atoms with Gasteiger partial charge >= 0.3 is 6.36 Å². The molecule has 0 fully saturated rings. The number of alkyl halides is 3. The number of aromatic nitrogens is 3. The number of hydrogen-bond acceptors (Lipinski definition) is 6. The molecule has 2 heterocycles. The Labute approximate surface area is 97.2 Å². The molecule has 0 bridgehead atoms. The van der Waals surface area contributed by atoms with Crippen molar-refractivity contribution >= 4 is 16.7 Å². The Morgan fingerprint density at radius 1 is 1.29 bits per heavy atom. The number of anilines is 1.